The molecule has 0 aromatic rings. The predicted octanol–water partition coefficient (Wildman–Crippen LogP) is 0.393. The zero-order chi connectivity index (χ0) is 10.7. The summed E-state index contributed by atoms with van der Waals surface area (Å²) in [6.45, 7) is 4.41. The molecule has 0 saturated carbocycles. The molecule has 2 heterocycles. The normalized spacial score (nSPS) is 25.5. The summed E-state index contributed by atoms with van der Waals surface area (Å²) in [7, 11) is 0. The van der Waals surface area contributed by atoms with E-state index in [-0.39, 0.29) is 5.96 Å². The molecule has 2 aliphatic heterocycles. The number of thioether (sulfide) groups is 1. The third kappa shape index (κ3) is 2.78. The van der Waals surface area contributed by atoms with E-state index < -0.39 is 0 Å². The Morgan fingerprint density at radius 2 is 1.73 bits per heavy atom. The Morgan fingerprint density at radius 1 is 1.13 bits per heavy atom. The number of nitrogens with two attached hydrogens (primary N) is 1. The molecule has 2 saturated heterocycles. The van der Waals surface area contributed by atoms with Crippen molar-refractivity contribution < 1.29 is 0 Å². The first-order valence-corrected chi connectivity index (χ1v) is 6.83. The van der Waals surface area contributed by atoms with Crippen LogP contribution in [0.2, 0.25) is 0 Å². The lowest BCUT2D eigenvalue weighted by atomic mass is 10.0. The molecule has 0 aromatic heterocycles. The zero-order valence-electron chi connectivity index (χ0n) is 9.11. The Labute approximate surface area is 95.7 Å². The van der Waals surface area contributed by atoms with E-state index in [1.807, 2.05) is 4.90 Å². The summed E-state index contributed by atoms with van der Waals surface area (Å²) < 4.78 is 0. The number of hydrogen-bond acceptors (Lipinski definition) is 3. The number of nitrogens with one attached hydrogen (secondary N) is 1. The van der Waals surface area contributed by atoms with Crippen LogP contribution < -0.4 is 5.73 Å². The first-order chi connectivity index (χ1) is 7.27. The lowest BCUT2D eigenvalue weighted by molar-refractivity contribution is 0.147. The van der Waals surface area contributed by atoms with Crippen LogP contribution in [0.25, 0.3) is 0 Å². The van der Waals surface area contributed by atoms with Crippen molar-refractivity contribution in [2.45, 2.75) is 18.9 Å². The van der Waals surface area contributed by atoms with Crippen LogP contribution in [0, 0.1) is 5.41 Å². The number of hydrogen-bond donors (Lipinski definition) is 2. The topological polar surface area (TPSA) is 56.4 Å². The fraction of sp³-hybridized carbons (Fsp3) is 0.900. The van der Waals surface area contributed by atoms with Crippen molar-refractivity contribution in [3.63, 3.8) is 0 Å². The van der Waals surface area contributed by atoms with Crippen LogP contribution in [0.15, 0.2) is 0 Å². The quantitative estimate of drug-likeness (QED) is 0.504. The maximum Gasteiger partial charge on any atom is 0.188 e. The Morgan fingerprint density at radius 3 is 2.27 bits per heavy atom. The minimum absolute atomic E-state index is 0.239. The number of guanidine groups is 1. The monoisotopic (exact) mass is 228 g/mol. The molecular formula is C10H20N4S. The molecule has 0 atom stereocenters. The Hall–Kier alpha value is -0.420. The SMILES string of the molecule is N=C(N)N1CCC(N2CCSCC2)CC1. The summed E-state index contributed by atoms with van der Waals surface area (Å²) in [6.07, 6.45) is 2.34. The highest BCUT2D eigenvalue weighted by Gasteiger charge is 2.25. The van der Waals surface area contributed by atoms with Gasteiger partial charge < -0.3 is 10.6 Å². The molecule has 2 aliphatic rings. The van der Waals surface area contributed by atoms with Gasteiger partial charge in [-0.3, -0.25) is 10.3 Å². The fourth-order valence-electron chi connectivity index (χ4n) is 2.41. The average molecular weight is 228 g/mol. The van der Waals surface area contributed by atoms with Crippen molar-refractivity contribution in [2.24, 2.45) is 5.73 Å². The van der Waals surface area contributed by atoms with Crippen LogP contribution in [0.5, 0.6) is 0 Å². The van der Waals surface area contributed by atoms with Crippen molar-refractivity contribution in [1.82, 2.24) is 9.80 Å². The number of rotatable bonds is 1. The van der Waals surface area contributed by atoms with Gasteiger partial charge in [0.2, 0.25) is 0 Å². The summed E-state index contributed by atoms with van der Waals surface area (Å²) in [5.41, 5.74) is 5.48. The first kappa shape index (κ1) is 11.1. The second-order valence-electron chi connectivity index (χ2n) is 4.25. The Balaban J connectivity index is 1.79. The van der Waals surface area contributed by atoms with Crippen LogP contribution >= 0.6 is 11.8 Å². The molecule has 0 aliphatic carbocycles. The highest BCUT2D eigenvalue weighted by atomic mass is 32.2. The minimum Gasteiger partial charge on any atom is -0.370 e. The van der Waals surface area contributed by atoms with Crippen molar-refractivity contribution >= 4 is 17.7 Å². The fourth-order valence-corrected chi connectivity index (χ4v) is 3.35. The van der Waals surface area contributed by atoms with Gasteiger partial charge in [-0.05, 0) is 12.8 Å². The molecule has 2 fully saturated rings. The standard InChI is InChI=1S/C10H20N4S/c11-10(12)14-3-1-9(2-4-14)13-5-7-15-8-6-13/h9H,1-8H2,(H3,11,12). The van der Waals surface area contributed by atoms with Crippen molar-refractivity contribution in [3.05, 3.63) is 0 Å². The van der Waals surface area contributed by atoms with Crippen LogP contribution in [-0.2, 0) is 0 Å². The predicted molar refractivity (Wildman–Crippen MR) is 65.4 cm³/mol. The van der Waals surface area contributed by atoms with Gasteiger partial charge in [0.1, 0.15) is 0 Å². The van der Waals surface area contributed by atoms with Gasteiger partial charge in [-0.2, -0.15) is 11.8 Å². The van der Waals surface area contributed by atoms with Crippen molar-refractivity contribution in [2.75, 3.05) is 37.7 Å². The number of nitrogens with zero attached hydrogens (tertiary/aromatic N) is 2. The van der Waals surface area contributed by atoms with E-state index in [1.165, 1.54) is 37.4 Å². The van der Waals surface area contributed by atoms with E-state index in [0.717, 1.165) is 19.1 Å². The highest BCUT2D eigenvalue weighted by Crippen LogP contribution is 2.20. The molecule has 0 amide bonds. The summed E-state index contributed by atoms with van der Waals surface area (Å²) >= 11 is 2.06. The molecule has 3 N–H and O–H groups in total. The number of piperidine rings is 1. The summed E-state index contributed by atoms with van der Waals surface area (Å²) in [4.78, 5) is 4.60. The molecule has 0 aromatic carbocycles. The summed E-state index contributed by atoms with van der Waals surface area (Å²) in [5.74, 6) is 2.81. The van der Waals surface area contributed by atoms with E-state index in [9.17, 15) is 0 Å². The number of likely N-dealkylation sites (tertiary alicyclic amines) is 1. The second kappa shape index (κ2) is 5.07. The first-order valence-electron chi connectivity index (χ1n) is 5.68. The highest BCUT2D eigenvalue weighted by molar-refractivity contribution is 7.99. The lowest BCUT2D eigenvalue weighted by Crippen LogP contribution is -2.50. The molecule has 0 spiro atoms. The van der Waals surface area contributed by atoms with Gasteiger partial charge >= 0.3 is 0 Å². The van der Waals surface area contributed by atoms with Crippen LogP contribution in [-0.4, -0.2) is 59.5 Å². The lowest BCUT2D eigenvalue weighted by Gasteiger charge is -2.40. The smallest absolute Gasteiger partial charge is 0.188 e. The van der Waals surface area contributed by atoms with Crippen LogP contribution in [0.4, 0.5) is 0 Å². The second-order valence-corrected chi connectivity index (χ2v) is 5.48. The zero-order valence-corrected chi connectivity index (χ0v) is 9.93. The average Bonchev–Trinajstić information content (AvgIpc) is 2.30. The Kier molecular flexibility index (Phi) is 3.75. The van der Waals surface area contributed by atoms with Gasteiger partial charge in [-0.15, -0.1) is 0 Å². The van der Waals surface area contributed by atoms with Gasteiger partial charge in [0, 0.05) is 43.7 Å². The largest absolute Gasteiger partial charge is 0.370 e. The van der Waals surface area contributed by atoms with Crippen LogP contribution in [0.1, 0.15) is 12.8 Å². The maximum atomic E-state index is 7.39. The van der Waals surface area contributed by atoms with Gasteiger partial charge in [0.25, 0.3) is 0 Å². The molecular weight excluding hydrogens is 208 g/mol. The van der Waals surface area contributed by atoms with Gasteiger partial charge in [-0.1, -0.05) is 0 Å². The van der Waals surface area contributed by atoms with Crippen molar-refractivity contribution in [3.8, 4) is 0 Å². The van der Waals surface area contributed by atoms with E-state index in [1.54, 1.807) is 0 Å². The van der Waals surface area contributed by atoms with Gasteiger partial charge in [0.15, 0.2) is 5.96 Å². The van der Waals surface area contributed by atoms with E-state index >= 15 is 0 Å². The van der Waals surface area contributed by atoms with Gasteiger partial charge in [-0.25, -0.2) is 0 Å². The van der Waals surface area contributed by atoms with Crippen molar-refractivity contribution in [1.29, 1.82) is 5.41 Å². The maximum absolute atomic E-state index is 7.39. The molecule has 0 bridgehead atoms. The summed E-state index contributed by atoms with van der Waals surface area (Å²) in [6, 6.07) is 0.737. The minimum atomic E-state index is 0.239. The molecule has 15 heavy (non-hydrogen) atoms. The summed E-state index contributed by atoms with van der Waals surface area (Å²) in [5, 5.41) is 7.39. The molecule has 5 heteroatoms. The third-order valence-electron chi connectivity index (χ3n) is 3.37. The van der Waals surface area contributed by atoms with E-state index in [4.69, 9.17) is 11.1 Å². The Bertz CT molecular complexity index is 219. The third-order valence-corrected chi connectivity index (χ3v) is 4.31. The van der Waals surface area contributed by atoms with Crippen LogP contribution in [0.3, 0.4) is 0 Å². The molecule has 2 rings (SSSR count). The molecule has 4 nitrogen and oxygen atoms in total. The van der Waals surface area contributed by atoms with Gasteiger partial charge in [0.05, 0.1) is 0 Å². The van der Waals surface area contributed by atoms with E-state index in [0.29, 0.717) is 0 Å². The molecule has 0 radical (unpaired) electrons. The van der Waals surface area contributed by atoms with E-state index in [2.05, 4.69) is 16.7 Å². The molecule has 0 unspecified atom stereocenters. The molecule has 86 valence electrons.